The molecule has 0 N–H and O–H groups in total. The van der Waals surface area contributed by atoms with Gasteiger partial charge in [0, 0.05) is 43.8 Å². The summed E-state index contributed by atoms with van der Waals surface area (Å²) < 4.78 is 27.0. The first-order valence-corrected chi connectivity index (χ1v) is 10.2. The first kappa shape index (κ1) is 19.9. The Labute approximate surface area is 171 Å². The minimum Gasteiger partial charge on any atom is -0.354 e. The lowest BCUT2D eigenvalue weighted by Gasteiger charge is -2.24. The molecule has 1 saturated heterocycles. The average Bonchev–Trinajstić information content (AvgIpc) is 2.99. The molecule has 1 aliphatic heterocycles. The first-order valence-electron chi connectivity index (χ1n) is 10.2. The molecule has 0 saturated carbocycles. The van der Waals surface area contributed by atoms with E-state index in [9.17, 15) is 4.39 Å². The van der Waals surface area contributed by atoms with E-state index in [1.165, 1.54) is 28.8 Å². The quantitative estimate of drug-likeness (QED) is 0.610. The zero-order valence-electron chi connectivity index (χ0n) is 17.3. The number of fused-ring (bicyclic) bond motifs is 1. The molecule has 0 radical (unpaired) electrons. The Morgan fingerprint density at radius 2 is 1.86 bits per heavy atom. The van der Waals surface area contributed by atoms with E-state index in [4.69, 9.17) is 14.5 Å². The molecule has 0 atom stereocenters. The van der Waals surface area contributed by atoms with Crippen molar-refractivity contribution in [1.29, 1.82) is 0 Å². The molecule has 5 nitrogen and oxygen atoms in total. The number of aryl methyl sites for hydroxylation is 2. The monoisotopic (exact) mass is 397 g/mol. The molecule has 6 heteroatoms. The van der Waals surface area contributed by atoms with E-state index in [1.54, 1.807) is 0 Å². The second kappa shape index (κ2) is 8.51. The standard InChI is InChI=1S/C23H28FN3O2/c1-16-17(2)27(12-10-21-28-13-4-14-29-21)22-20(16)9-11-25-23(22)26(3)15-18-5-7-19(24)8-6-18/h5-9,11,21H,4,10,12-15H2,1-3H3. The van der Waals surface area contributed by atoms with Crippen LogP contribution in [0.15, 0.2) is 36.5 Å². The normalized spacial score (nSPS) is 15.2. The second-order valence-electron chi connectivity index (χ2n) is 7.69. The molecule has 3 heterocycles. The first-order chi connectivity index (χ1) is 14.0. The number of anilines is 1. The van der Waals surface area contributed by atoms with E-state index in [0.29, 0.717) is 6.54 Å². The number of nitrogens with zero attached hydrogens (tertiary/aromatic N) is 3. The lowest BCUT2D eigenvalue weighted by Crippen LogP contribution is -2.26. The predicted molar refractivity (Wildman–Crippen MR) is 113 cm³/mol. The Kier molecular flexibility index (Phi) is 5.83. The van der Waals surface area contributed by atoms with E-state index in [2.05, 4.69) is 29.4 Å². The summed E-state index contributed by atoms with van der Waals surface area (Å²) in [6.07, 6.45) is 3.49. The number of aromatic nitrogens is 2. The molecule has 0 unspecified atom stereocenters. The summed E-state index contributed by atoms with van der Waals surface area (Å²) in [6.45, 7) is 7.31. The molecule has 1 aliphatic rings. The molecule has 2 aromatic heterocycles. The van der Waals surface area contributed by atoms with Crippen molar-refractivity contribution in [2.75, 3.05) is 25.2 Å². The number of ether oxygens (including phenoxy) is 2. The Hall–Kier alpha value is -2.44. The van der Waals surface area contributed by atoms with Gasteiger partial charge in [0.2, 0.25) is 0 Å². The van der Waals surface area contributed by atoms with Crippen LogP contribution in [0.5, 0.6) is 0 Å². The summed E-state index contributed by atoms with van der Waals surface area (Å²) in [5.41, 5.74) is 4.68. The summed E-state index contributed by atoms with van der Waals surface area (Å²) in [5.74, 6) is 0.706. The Bertz CT molecular complexity index is 978. The SMILES string of the molecule is Cc1c(C)n(CCC2OCCCO2)c2c(N(C)Cc3ccc(F)cc3)nccc12. The number of hydrogen-bond acceptors (Lipinski definition) is 4. The number of pyridine rings is 1. The fourth-order valence-electron chi connectivity index (χ4n) is 4.01. The Balaban J connectivity index is 1.64. The van der Waals surface area contributed by atoms with E-state index < -0.39 is 0 Å². The maximum Gasteiger partial charge on any atom is 0.159 e. The van der Waals surface area contributed by atoms with Crippen molar-refractivity contribution in [3.8, 4) is 0 Å². The number of hydrogen-bond donors (Lipinski definition) is 0. The molecule has 0 spiro atoms. The molecule has 154 valence electrons. The molecular formula is C23H28FN3O2. The molecule has 3 aromatic rings. The van der Waals surface area contributed by atoms with Gasteiger partial charge in [-0.15, -0.1) is 0 Å². The summed E-state index contributed by atoms with van der Waals surface area (Å²) in [4.78, 5) is 6.82. The van der Waals surface area contributed by atoms with Crippen LogP contribution >= 0.6 is 0 Å². The molecule has 0 bridgehead atoms. The lowest BCUT2D eigenvalue weighted by molar-refractivity contribution is -0.182. The predicted octanol–water partition coefficient (Wildman–Crippen LogP) is 4.58. The minimum absolute atomic E-state index is 0.141. The van der Waals surface area contributed by atoms with Gasteiger partial charge in [-0.05, 0) is 49.6 Å². The van der Waals surface area contributed by atoms with E-state index in [-0.39, 0.29) is 12.1 Å². The van der Waals surface area contributed by atoms with Crippen molar-refractivity contribution >= 4 is 16.7 Å². The van der Waals surface area contributed by atoms with Crippen LogP contribution in [-0.4, -0.2) is 36.1 Å². The number of benzene rings is 1. The second-order valence-corrected chi connectivity index (χ2v) is 7.69. The molecule has 0 amide bonds. The summed E-state index contributed by atoms with van der Waals surface area (Å²) in [6, 6.07) is 8.71. The van der Waals surface area contributed by atoms with Crippen LogP contribution in [0.3, 0.4) is 0 Å². The highest BCUT2D eigenvalue weighted by Gasteiger charge is 2.20. The molecule has 29 heavy (non-hydrogen) atoms. The highest BCUT2D eigenvalue weighted by molar-refractivity contribution is 5.93. The van der Waals surface area contributed by atoms with Crippen LogP contribution in [0.25, 0.3) is 10.9 Å². The van der Waals surface area contributed by atoms with Crippen molar-refractivity contribution in [3.05, 3.63) is 59.2 Å². The molecule has 1 aromatic carbocycles. The van der Waals surface area contributed by atoms with Crippen LogP contribution in [0.4, 0.5) is 10.2 Å². The summed E-state index contributed by atoms with van der Waals surface area (Å²) in [7, 11) is 2.03. The van der Waals surface area contributed by atoms with Crippen LogP contribution in [0.1, 0.15) is 29.7 Å². The smallest absolute Gasteiger partial charge is 0.159 e. The highest BCUT2D eigenvalue weighted by Crippen LogP contribution is 2.32. The minimum atomic E-state index is -0.219. The third-order valence-electron chi connectivity index (χ3n) is 5.71. The van der Waals surface area contributed by atoms with E-state index in [0.717, 1.165) is 49.5 Å². The molecule has 1 fully saturated rings. The van der Waals surface area contributed by atoms with Crippen LogP contribution in [0.2, 0.25) is 0 Å². The largest absolute Gasteiger partial charge is 0.354 e. The highest BCUT2D eigenvalue weighted by atomic mass is 19.1. The summed E-state index contributed by atoms with van der Waals surface area (Å²) >= 11 is 0. The van der Waals surface area contributed by atoms with Gasteiger partial charge in [-0.3, -0.25) is 0 Å². The Morgan fingerprint density at radius 1 is 1.14 bits per heavy atom. The third kappa shape index (κ3) is 4.14. The number of halogens is 1. The Morgan fingerprint density at radius 3 is 2.59 bits per heavy atom. The zero-order valence-corrected chi connectivity index (χ0v) is 17.3. The van der Waals surface area contributed by atoms with Crippen LogP contribution < -0.4 is 4.90 Å². The van der Waals surface area contributed by atoms with Crippen LogP contribution in [-0.2, 0) is 22.6 Å². The van der Waals surface area contributed by atoms with Gasteiger partial charge >= 0.3 is 0 Å². The average molecular weight is 397 g/mol. The van der Waals surface area contributed by atoms with Crippen molar-refractivity contribution in [3.63, 3.8) is 0 Å². The van der Waals surface area contributed by atoms with Gasteiger partial charge < -0.3 is 18.9 Å². The molecule has 0 aliphatic carbocycles. The zero-order chi connectivity index (χ0) is 20.4. The van der Waals surface area contributed by atoms with Gasteiger partial charge in [0.15, 0.2) is 12.1 Å². The van der Waals surface area contributed by atoms with Crippen molar-refractivity contribution < 1.29 is 13.9 Å². The topological polar surface area (TPSA) is 39.5 Å². The molecular weight excluding hydrogens is 369 g/mol. The van der Waals surface area contributed by atoms with Crippen molar-refractivity contribution in [1.82, 2.24) is 9.55 Å². The molecule has 4 rings (SSSR count). The van der Waals surface area contributed by atoms with Gasteiger partial charge in [-0.1, -0.05) is 12.1 Å². The third-order valence-corrected chi connectivity index (χ3v) is 5.71. The van der Waals surface area contributed by atoms with Gasteiger partial charge in [0.25, 0.3) is 0 Å². The number of rotatable bonds is 6. The fourth-order valence-corrected chi connectivity index (χ4v) is 4.01. The van der Waals surface area contributed by atoms with E-state index in [1.807, 2.05) is 25.4 Å². The maximum absolute atomic E-state index is 13.2. The van der Waals surface area contributed by atoms with Crippen LogP contribution in [0, 0.1) is 19.7 Å². The van der Waals surface area contributed by atoms with E-state index >= 15 is 0 Å². The summed E-state index contributed by atoms with van der Waals surface area (Å²) in [5, 5.41) is 1.21. The van der Waals surface area contributed by atoms with Gasteiger partial charge in [-0.2, -0.15) is 0 Å². The van der Waals surface area contributed by atoms with Gasteiger partial charge in [0.1, 0.15) is 5.82 Å². The van der Waals surface area contributed by atoms with Gasteiger partial charge in [0.05, 0.1) is 18.7 Å². The van der Waals surface area contributed by atoms with Crippen molar-refractivity contribution in [2.24, 2.45) is 0 Å². The lowest BCUT2D eigenvalue weighted by atomic mass is 10.2. The fraction of sp³-hybridized carbons (Fsp3) is 0.435. The van der Waals surface area contributed by atoms with Gasteiger partial charge in [-0.25, -0.2) is 9.37 Å². The van der Waals surface area contributed by atoms with Crippen molar-refractivity contribution in [2.45, 2.75) is 46.1 Å². The maximum atomic E-state index is 13.2.